The highest BCUT2D eigenvalue weighted by Crippen LogP contribution is 2.31. The Morgan fingerprint density at radius 1 is 1.07 bits per heavy atom. The van der Waals surface area contributed by atoms with E-state index in [9.17, 15) is 9.59 Å². The summed E-state index contributed by atoms with van der Waals surface area (Å²) in [4.78, 5) is 32.2. The number of aromatic nitrogens is 1. The Morgan fingerprint density at radius 2 is 1.86 bits per heavy atom. The van der Waals surface area contributed by atoms with Gasteiger partial charge in [0.15, 0.2) is 4.80 Å². The van der Waals surface area contributed by atoms with Gasteiger partial charge in [-0.2, -0.15) is 0 Å². The minimum absolute atomic E-state index is 0.204. The minimum Gasteiger partial charge on any atom is -0.490 e. The molecule has 0 N–H and O–H groups in total. The molecule has 0 saturated carbocycles. The standard InChI is InChI=1S/C33H29ClN2O5S/c1-4-17-40-25-15-13-23(14-16-25)30-29(32(38)39-5-2)21(3)35-33-36(30)31(37)28(42-33)19-22-9-8-11-26(18-22)41-20-24-10-6-7-12-27(24)34/h4,6-16,18-19,30H,1,5,17,20H2,2-3H3/b28-19+/t30-/m1/s1. The van der Waals surface area contributed by atoms with Crippen LogP contribution in [0.4, 0.5) is 0 Å². The number of rotatable bonds is 10. The Kier molecular flexibility index (Phi) is 9.05. The predicted molar refractivity (Wildman–Crippen MR) is 165 cm³/mol. The van der Waals surface area contributed by atoms with E-state index in [2.05, 4.69) is 11.6 Å². The molecule has 0 amide bonds. The molecule has 2 heterocycles. The zero-order valence-electron chi connectivity index (χ0n) is 23.2. The molecule has 0 aliphatic carbocycles. The molecule has 1 atom stereocenters. The number of nitrogens with zero attached hydrogens (tertiary/aromatic N) is 2. The maximum Gasteiger partial charge on any atom is 0.338 e. The maximum absolute atomic E-state index is 13.9. The van der Waals surface area contributed by atoms with Gasteiger partial charge >= 0.3 is 5.97 Å². The van der Waals surface area contributed by atoms with Crippen molar-refractivity contribution in [2.75, 3.05) is 13.2 Å². The lowest BCUT2D eigenvalue weighted by molar-refractivity contribution is -0.139. The average molecular weight is 601 g/mol. The first-order chi connectivity index (χ1) is 20.4. The second kappa shape index (κ2) is 13.1. The Morgan fingerprint density at radius 3 is 2.60 bits per heavy atom. The lowest BCUT2D eigenvalue weighted by Crippen LogP contribution is -2.39. The molecule has 0 bridgehead atoms. The van der Waals surface area contributed by atoms with Crippen LogP contribution in [0.2, 0.25) is 5.02 Å². The summed E-state index contributed by atoms with van der Waals surface area (Å²) in [5, 5.41) is 0.640. The zero-order chi connectivity index (χ0) is 29.6. The molecule has 0 unspecified atom stereocenters. The normalized spacial score (nSPS) is 14.6. The molecule has 0 spiro atoms. The molecule has 214 valence electrons. The van der Waals surface area contributed by atoms with Crippen LogP contribution in [0.3, 0.4) is 0 Å². The number of hydrogen-bond acceptors (Lipinski definition) is 7. The van der Waals surface area contributed by atoms with Gasteiger partial charge in [0, 0.05) is 10.6 Å². The van der Waals surface area contributed by atoms with Crippen molar-refractivity contribution in [2.24, 2.45) is 4.99 Å². The Labute approximate surface area is 252 Å². The molecule has 42 heavy (non-hydrogen) atoms. The van der Waals surface area contributed by atoms with Crippen molar-refractivity contribution >= 4 is 35.0 Å². The monoisotopic (exact) mass is 600 g/mol. The summed E-state index contributed by atoms with van der Waals surface area (Å²) in [6.07, 6.45) is 3.47. The van der Waals surface area contributed by atoms with E-state index in [1.807, 2.05) is 60.7 Å². The topological polar surface area (TPSA) is 79.1 Å². The molecular formula is C33H29ClN2O5S. The summed E-state index contributed by atoms with van der Waals surface area (Å²) in [5.74, 6) is 0.794. The highest BCUT2D eigenvalue weighted by atomic mass is 35.5. The van der Waals surface area contributed by atoms with E-state index >= 15 is 0 Å². The van der Waals surface area contributed by atoms with Crippen molar-refractivity contribution in [1.82, 2.24) is 4.57 Å². The summed E-state index contributed by atoms with van der Waals surface area (Å²) in [6.45, 7) is 8.07. The summed E-state index contributed by atoms with van der Waals surface area (Å²) >= 11 is 7.53. The molecule has 0 radical (unpaired) electrons. The zero-order valence-corrected chi connectivity index (χ0v) is 24.8. The highest BCUT2D eigenvalue weighted by molar-refractivity contribution is 7.07. The molecule has 7 nitrogen and oxygen atoms in total. The Bertz CT molecular complexity index is 1840. The molecule has 0 fully saturated rings. The highest BCUT2D eigenvalue weighted by Gasteiger charge is 2.33. The van der Waals surface area contributed by atoms with Crippen LogP contribution in [0.5, 0.6) is 11.5 Å². The minimum atomic E-state index is -0.707. The molecule has 9 heteroatoms. The fourth-order valence-electron chi connectivity index (χ4n) is 4.63. The number of carbonyl (C=O) groups excluding carboxylic acids is 1. The van der Waals surface area contributed by atoms with E-state index in [1.54, 1.807) is 42.7 Å². The van der Waals surface area contributed by atoms with Crippen molar-refractivity contribution < 1.29 is 19.0 Å². The van der Waals surface area contributed by atoms with Crippen molar-refractivity contribution in [2.45, 2.75) is 26.5 Å². The number of ether oxygens (including phenoxy) is 3. The van der Waals surface area contributed by atoms with E-state index in [1.165, 1.54) is 11.3 Å². The Hall–Kier alpha value is -4.40. The number of allylic oxidation sites excluding steroid dienone is 1. The van der Waals surface area contributed by atoms with Gasteiger partial charge in [0.1, 0.15) is 24.7 Å². The van der Waals surface area contributed by atoms with Crippen LogP contribution < -0.4 is 24.4 Å². The second-order valence-electron chi connectivity index (χ2n) is 9.42. The number of halogens is 1. The molecule has 4 aromatic rings. The van der Waals surface area contributed by atoms with Crippen LogP contribution in [-0.2, 0) is 16.1 Å². The van der Waals surface area contributed by atoms with E-state index in [4.69, 9.17) is 25.8 Å². The van der Waals surface area contributed by atoms with E-state index < -0.39 is 12.0 Å². The third-order valence-corrected chi connectivity index (χ3v) is 7.94. The van der Waals surface area contributed by atoms with Crippen LogP contribution in [0.25, 0.3) is 6.08 Å². The number of esters is 1. The van der Waals surface area contributed by atoms with Crippen LogP contribution in [0.1, 0.15) is 36.6 Å². The maximum atomic E-state index is 13.9. The lowest BCUT2D eigenvalue weighted by atomic mass is 9.96. The summed E-state index contributed by atoms with van der Waals surface area (Å²) in [7, 11) is 0. The average Bonchev–Trinajstić information content (AvgIpc) is 3.29. The van der Waals surface area contributed by atoms with Crippen molar-refractivity contribution in [3.63, 3.8) is 0 Å². The molecule has 1 aliphatic rings. The fraction of sp³-hybridized carbons (Fsp3) is 0.182. The number of hydrogen-bond donors (Lipinski definition) is 0. The van der Waals surface area contributed by atoms with Gasteiger partial charge in [-0.15, -0.1) is 0 Å². The third-order valence-electron chi connectivity index (χ3n) is 6.59. The molecular weight excluding hydrogens is 572 g/mol. The van der Waals surface area contributed by atoms with Crippen LogP contribution >= 0.6 is 22.9 Å². The molecule has 0 saturated heterocycles. The number of fused-ring (bicyclic) bond motifs is 1. The Balaban J connectivity index is 1.53. The largest absolute Gasteiger partial charge is 0.490 e. The fourth-order valence-corrected chi connectivity index (χ4v) is 5.87. The van der Waals surface area contributed by atoms with E-state index in [-0.39, 0.29) is 12.2 Å². The van der Waals surface area contributed by atoms with Gasteiger partial charge in [-0.25, -0.2) is 9.79 Å². The molecule has 5 rings (SSSR count). The van der Waals surface area contributed by atoms with Gasteiger partial charge in [0.25, 0.3) is 5.56 Å². The van der Waals surface area contributed by atoms with Gasteiger partial charge < -0.3 is 14.2 Å². The van der Waals surface area contributed by atoms with E-state index in [0.717, 1.165) is 16.7 Å². The van der Waals surface area contributed by atoms with Gasteiger partial charge in [-0.3, -0.25) is 9.36 Å². The summed E-state index contributed by atoms with van der Waals surface area (Å²) < 4.78 is 19.0. The first-order valence-electron chi connectivity index (χ1n) is 13.4. The molecule has 3 aromatic carbocycles. The van der Waals surface area contributed by atoms with Crippen LogP contribution in [-0.4, -0.2) is 23.8 Å². The first kappa shape index (κ1) is 29.1. The van der Waals surface area contributed by atoms with E-state index in [0.29, 0.717) is 50.3 Å². The van der Waals surface area contributed by atoms with Gasteiger partial charge in [0.05, 0.1) is 28.5 Å². The molecule has 1 aliphatic heterocycles. The smallest absolute Gasteiger partial charge is 0.338 e. The SMILES string of the molecule is C=CCOc1ccc([C@@H]2C(C(=O)OCC)=C(C)N=c3s/c(=C/c4cccc(OCc5ccccc5Cl)c4)c(=O)n32)cc1. The number of carbonyl (C=O) groups is 1. The molecule has 1 aromatic heterocycles. The van der Waals surface area contributed by atoms with Crippen molar-refractivity contribution in [1.29, 1.82) is 0 Å². The number of thiazole rings is 1. The van der Waals surface area contributed by atoms with Crippen LogP contribution in [0.15, 0.2) is 107 Å². The lowest BCUT2D eigenvalue weighted by Gasteiger charge is -2.24. The van der Waals surface area contributed by atoms with Gasteiger partial charge in [-0.05, 0) is 61.4 Å². The predicted octanol–water partition coefficient (Wildman–Crippen LogP) is 5.60. The van der Waals surface area contributed by atoms with Gasteiger partial charge in [-0.1, -0.05) is 78.1 Å². The van der Waals surface area contributed by atoms with Gasteiger partial charge in [0.2, 0.25) is 0 Å². The first-order valence-corrected chi connectivity index (χ1v) is 14.6. The quantitative estimate of drug-likeness (QED) is 0.175. The third kappa shape index (κ3) is 6.25. The second-order valence-corrected chi connectivity index (χ2v) is 10.8. The van der Waals surface area contributed by atoms with Crippen molar-refractivity contribution in [3.8, 4) is 11.5 Å². The number of benzene rings is 3. The van der Waals surface area contributed by atoms with Crippen molar-refractivity contribution in [3.05, 3.63) is 138 Å². The van der Waals surface area contributed by atoms with Crippen LogP contribution in [0, 0.1) is 0 Å². The summed E-state index contributed by atoms with van der Waals surface area (Å²) in [5.41, 5.74) is 2.98. The summed E-state index contributed by atoms with van der Waals surface area (Å²) in [6, 6.07) is 21.6.